The summed E-state index contributed by atoms with van der Waals surface area (Å²) in [5, 5.41) is 6.47. The largest absolute Gasteiger partial charge is 0.458 e. The van der Waals surface area contributed by atoms with E-state index < -0.39 is 0 Å². The lowest BCUT2D eigenvalue weighted by atomic mass is 9.35. The first-order chi connectivity index (χ1) is 24.6. The van der Waals surface area contributed by atoms with Gasteiger partial charge in [-0.15, -0.1) is 0 Å². The molecule has 0 radical (unpaired) electrons. The molecule has 0 saturated carbocycles. The lowest BCUT2D eigenvalue weighted by Crippen LogP contribution is -2.57. The molecule has 234 valence electrons. The van der Waals surface area contributed by atoms with E-state index in [4.69, 9.17) is 13.6 Å². The minimum absolute atomic E-state index is 0.103. The third-order valence-corrected chi connectivity index (χ3v) is 11.9. The molecule has 4 nitrogen and oxygen atoms in total. The summed E-state index contributed by atoms with van der Waals surface area (Å²) in [6, 6.07) is 43.4. The van der Waals surface area contributed by atoms with Crippen molar-refractivity contribution in [2.75, 3.05) is 0 Å². The van der Waals surface area contributed by atoms with Crippen LogP contribution in [-0.4, -0.2) is 11.3 Å². The topological polar surface area (TPSA) is 40.4 Å². The van der Waals surface area contributed by atoms with Gasteiger partial charge < -0.3 is 18.1 Å². The molecule has 50 heavy (non-hydrogen) atoms. The second kappa shape index (κ2) is 9.44. The maximum absolute atomic E-state index is 6.88. The van der Waals surface area contributed by atoms with Crippen LogP contribution in [0.4, 0.5) is 0 Å². The third kappa shape index (κ3) is 3.39. The molecule has 0 amide bonds. The number of aryl methyl sites for hydroxylation is 2. The first-order valence-corrected chi connectivity index (χ1v) is 17.8. The molecular weight excluding hydrogens is 633 g/mol. The molecule has 0 N–H and O–H groups in total. The summed E-state index contributed by atoms with van der Waals surface area (Å²) in [7, 11) is 0. The monoisotopic (exact) mass is 659 g/mol. The van der Waals surface area contributed by atoms with Crippen molar-refractivity contribution >= 4 is 101 Å². The van der Waals surface area contributed by atoms with Crippen molar-refractivity contribution < 1.29 is 13.6 Å². The molecule has 0 saturated heterocycles. The molecule has 5 heterocycles. The first kappa shape index (κ1) is 27.0. The van der Waals surface area contributed by atoms with Crippen molar-refractivity contribution in [3.05, 3.63) is 132 Å². The van der Waals surface area contributed by atoms with Gasteiger partial charge in [-0.25, -0.2) is 0 Å². The van der Waals surface area contributed by atoms with Crippen LogP contribution in [0.1, 0.15) is 11.1 Å². The second-order valence-electron chi connectivity index (χ2n) is 13.8. The third-order valence-electron chi connectivity index (χ3n) is 10.8. The van der Waals surface area contributed by atoms with Crippen LogP contribution in [0.5, 0.6) is 11.5 Å². The molecule has 0 bridgehead atoms. The molecule has 12 rings (SSSR count). The van der Waals surface area contributed by atoms with Crippen LogP contribution >= 0.6 is 11.8 Å². The van der Waals surface area contributed by atoms with Crippen LogP contribution in [0.3, 0.4) is 0 Å². The number of rotatable bonds is 1. The molecule has 0 aliphatic carbocycles. The Kier molecular flexibility index (Phi) is 5.10. The van der Waals surface area contributed by atoms with Crippen molar-refractivity contribution in [2.24, 2.45) is 0 Å². The highest BCUT2D eigenvalue weighted by Gasteiger charge is 2.40. The van der Waals surface area contributed by atoms with E-state index >= 15 is 0 Å². The van der Waals surface area contributed by atoms with E-state index in [0.717, 1.165) is 82.9 Å². The van der Waals surface area contributed by atoms with Gasteiger partial charge in [0.15, 0.2) is 0 Å². The number of hydrogen-bond acceptors (Lipinski definition) is 4. The number of furan rings is 2. The molecule has 0 spiro atoms. The van der Waals surface area contributed by atoms with Crippen molar-refractivity contribution in [1.82, 2.24) is 4.57 Å². The Morgan fingerprint density at radius 1 is 0.560 bits per heavy atom. The average Bonchev–Trinajstić information content (AvgIpc) is 3.81. The standard InChI is InChI=1S/C44H26BNO3S/c1-23-15-17-34-29(19-23)45-30-20-24(2)16-18-36(30)50-37-22-25(21-35(47-34)41(37)45)46-31-12-6-3-9-26(31)38-42(46)39-27-10-4-7-13-32(27)48-44(39)40-28-11-5-8-14-33(28)49-43(38)40/h3-22H,1-2H3. The Bertz CT molecular complexity index is 3040. The zero-order valence-corrected chi connectivity index (χ0v) is 28.0. The van der Waals surface area contributed by atoms with Crippen LogP contribution in [0, 0.1) is 13.8 Å². The number of benzene rings is 7. The molecule has 2 aliphatic rings. The van der Waals surface area contributed by atoms with E-state index in [2.05, 4.69) is 122 Å². The quantitative estimate of drug-likeness (QED) is 0.165. The van der Waals surface area contributed by atoms with Crippen LogP contribution < -0.4 is 21.1 Å². The van der Waals surface area contributed by atoms with Crippen molar-refractivity contribution in [2.45, 2.75) is 23.6 Å². The molecule has 10 aromatic rings. The lowest BCUT2D eigenvalue weighted by Gasteiger charge is -2.33. The van der Waals surface area contributed by atoms with Gasteiger partial charge in [-0.1, -0.05) is 107 Å². The molecule has 3 aromatic heterocycles. The SMILES string of the molecule is Cc1ccc2c(c1)B1c3cc(C)ccc3Sc3cc(-n4c5ccccc5c5c6oc7ccccc7c6c6oc7ccccc7c6c54)cc(c31)O2. The van der Waals surface area contributed by atoms with Crippen LogP contribution in [0.2, 0.25) is 0 Å². The van der Waals surface area contributed by atoms with Crippen molar-refractivity contribution in [1.29, 1.82) is 0 Å². The molecule has 0 fully saturated rings. The van der Waals surface area contributed by atoms with E-state index in [-0.39, 0.29) is 6.71 Å². The van der Waals surface area contributed by atoms with Gasteiger partial charge in [-0.2, -0.15) is 0 Å². The maximum atomic E-state index is 6.88. The Hall–Kier alpha value is -5.85. The van der Waals surface area contributed by atoms with Gasteiger partial charge in [0.05, 0.1) is 32.9 Å². The fraction of sp³-hybridized carbons (Fsp3) is 0.0455. The Morgan fingerprint density at radius 3 is 1.98 bits per heavy atom. The number of aromatic nitrogens is 1. The molecule has 7 aromatic carbocycles. The lowest BCUT2D eigenvalue weighted by molar-refractivity contribution is 0.486. The highest BCUT2D eigenvalue weighted by molar-refractivity contribution is 8.00. The minimum atomic E-state index is 0.103. The summed E-state index contributed by atoms with van der Waals surface area (Å²) >= 11 is 1.84. The number of ether oxygens (including phenoxy) is 1. The summed E-state index contributed by atoms with van der Waals surface area (Å²) in [5.74, 6) is 1.83. The summed E-state index contributed by atoms with van der Waals surface area (Å²) in [6.45, 7) is 4.45. The minimum Gasteiger partial charge on any atom is -0.458 e. The number of para-hydroxylation sites is 3. The van der Waals surface area contributed by atoms with Gasteiger partial charge in [0, 0.05) is 32.0 Å². The summed E-state index contributed by atoms with van der Waals surface area (Å²) in [4.78, 5) is 2.51. The highest BCUT2D eigenvalue weighted by Crippen LogP contribution is 2.49. The Balaban J connectivity index is 1.25. The summed E-state index contributed by atoms with van der Waals surface area (Å²) < 4.78 is 22.8. The fourth-order valence-electron chi connectivity index (χ4n) is 8.74. The zero-order chi connectivity index (χ0) is 32.8. The smallest absolute Gasteiger partial charge is 0.253 e. The van der Waals surface area contributed by atoms with Gasteiger partial charge in [0.1, 0.15) is 33.8 Å². The highest BCUT2D eigenvalue weighted by atomic mass is 32.2. The normalized spacial score (nSPS) is 13.4. The fourth-order valence-corrected chi connectivity index (χ4v) is 9.91. The zero-order valence-electron chi connectivity index (χ0n) is 27.2. The first-order valence-electron chi connectivity index (χ1n) is 17.0. The maximum Gasteiger partial charge on any atom is 0.253 e. The predicted octanol–water partition coefficient (Wildman–Crippen LogP) is 10.3. The number of fused-ring (bicyclic) bond motifs is 16. The molecule has 0 unspecified atom stereocenters. The van der Waals surface area contributed by atoms with Crippen molar-refractivity contribution in [3.8, 4) is 17.2 Å². The van der Waals surface area contributed by atoms with Gasteiger partial charge in [-0.05, 0) is 61.2 Å². The van der Waals surface area contributed by atoms with E-state index in [1.807, 2.05) is 30.0 Å². The number of hydrogen-bond donors (Lipinski definition) is 0. The van der Waals surface area contributed by atoms with E-state index in [1.54, 1.807) is 0 Å². The second-order valence-corrected chi connectivity index (χ2v) is 14.8. The van der Waals surface area contributed by atoms with Crippen LogP contribution in [0.15, 0.2) is 140 Å². The van der Waals surface area contributed by atoms with Gasteiger partial charge in [0.2, 0.25) is 0 Å². The van der Waals surface area contributed by atoms with Gasteiger partial charge >= 0.3 is 0 Å². The van der Waals surface area contributed by atoms with E-state index in [0.29, 0.717) is 0 Å². The summed E-state index contributed by atoms with van der Waals surface area (Å²) in [5.41, 5.74) is 13.0. The summed E-state index contributed by atoms with van der Waals surface area (Å²) in [6.07, 6.45) is 0. The Morgan fingerprint density at radius 2 is 1.20 bits per heavy atom. The van der Waals surface area contributed by atoms with Gasteiger partial charge in [0.25, 0.3) is 6.71 Å². The predicted molar refractivity (Wildman–Crippen MR) is 207 cm³/mol. The van der Waals surface area contributed by atoms with Crippen LogP contribution in [-0.2, 0) is 0 Å². The van der Waals surface area contributed by atoms with E-state index in [1.165, 1.54) is 37.3 Å². The molecule has 6 heteroatoms. The Labute approximate surface area is 290 Å². The molecular formula is C44H26BNO3S. The van der Waals surface area contributed by atoms with Gasteiger partial charge in [-0.3, -0.25) is 0 Å². The average molecular weight is 660 g/mol. The molecule has 0 atom stereocenters. The van der Waals surface area contributed by atoms with Crippen molar-refractivity contribution in [3.63, 3.8) is 0 Å². The molecule has 2 aliphatic heterocycles. The van der Waals surface area contributed by atoms with Crippen LogP contribution in [0.25, 0.3) is 71.4 Å². The number of nitrogens with zero attached hydrogens (tertiary/aromatic N) is 1. The van der Waals surface area contributed by atoms with E-state index in [9.17, 15) is 0 Å².